The van der Waals surface area contributed by atoms with Gasteiger partial charge in [-0.2, -0.15) is 0 Å². The van der Waals surface area contributed by atoms with Crippen molar-refractivity contribution in [2.75, 3.05) is 13.2 Å². The minimum atomic E-state index is -1.06. The summed E-state index contributed by atoms with van der Waals surface area (Å²) < 4.78 is 10.6. The zero-order chi connectivity index (χ0) is 24.9. The highest BCUT2D eigenvalue weighted by Gasteiger charge is 2.62. The van der Waals surface area contributed by atoms with Crippen LogP contribution in [0.5, 0.6) is 0 Å². The van der Waals surface area contributed by atoms with E-state index in [-0.39, 0.29) is 24.3 Å². The van der Waals surface area contributed by atoms with Gasteiger partial charge >= 0.3 is 12.1 Å². The molecule has 34 heavy (non-hydrogen) atoms. The first-order valence-electron chi connectivity index (χ1n) is 12.5. The molecule has 2 aliphatic heterocycles. The number of carbonyl (C=O) groups excluding carboxylic acids is 4. The van der Waals surface area contributed by atoms with E-state index in [1.54, 1.807) is 32.6 Å². The number of hydrogen-bond acceptors (Lipinski definition) is 6. The Morgan fingerprint density at radius 2 is 1.94 bits per heavy atom. The lowest BCUT2D eigenvalue weighted by Gasteiger charge is -2.30. The van der Waals surface area contributed by atoms with E-state index >= 15 is 0 Å². The average Bonchev–Trinajstić information content (AvgIpc) is 3.21. The summed E-state index contributed by atoms with van der Waals surface area (Å²) in [5, 5.41) is 5.66. The molecule has 0 aromatic rings. The summed E-state index contributed by atoms with van der Waals surface area (Å²) in [7, 11) is 0. The van der Waals surface area contributed by atoms with Crippen LogP contribution in [0.2, 0.25) is 0 Å². The zero-order valence-electron chi connectivity index (χ0n) is 20.9. The lowest BCUT2D eigenvalue weighted by molar-refractivity contribution is -0.150. The van der Waals surface area contributed by atoms with Crippen LogP contribution in [0.4, 0.5) is 4.79 Å². The highest BCUT2D eigenvalue weighted by molar-refractivity contribution is 5.96. The van der Waals surface area contributed by atoms with Gasteiger partial charge in [0.1, 0.15) is 23.2 Å². The van der Waals surface area contributed by atoms with Crippen LogP contribution in [0.1, 0.15) is 79.1 Å². The molecule has 2 fully saturated rings. The van der Waals surface area contributed by atoms with Crippen LogP contribution in [0.3, 0.4) is 0 Å². The van der Waals surface area contributed by atoms with Gasteiger partial charge in [0, 0.05) is 12.5 Å². The first-order valence-corrected chi connectivity index (χ1v) is 12.5. The fourth-order valence-electron chi connectivity index (χ4n) is 4.77. The fraction of sp³-hybridized carbons (Fsp3) is 0.760. The highest BCUT2D eigenvalue weighted by Crippen LogP contribution is 2.46. The Kier molecular flexibility index (Phi) is 8.25. The van der Waals surface area contributed by atoms with Gasteiger partial charge in [-0.1, -0.05) is 25.0 Å². The van der Waals surface area contributed by atoms with Crippen LogP contribution in [0.25, 0.3) is 0 Å². The highest BCUT2D eigenvalue weighted by atomic mass is 16.6. The van der Waals surface area contributed by atoms with Crippen molar-refractivity contribution in [3.63, 3.8) is 0 Å². The second-order valence-corrected chi connectivity index (χ2v) is 10.4. The van der Waals surface area contributed by atoms with E-state index in [1.165, 1.54) is 0 Å². The van der Waals surface area contributed by atoms with Crippen molar-refractivity contribution in [2.45, 2.75) is 102 Å². The van der Waals surface area contributed by atoms with Crippen molar-refractivity contribution in [2.24, 2.45) is 5.92 Å². The van der Waals surface area contributed by atoms with E-state index in [9.17, 15) is 19.2 Å². The molecule has 1 aliphatic carbocycles. The zero-order valence-corrected chi connectivity index (χ0v) is 20.9. The molecule has 2 heterocycles. The number of carbonyl (C=O) groups is 4. The quantitative estimate of drug-likeness (QED) is 0.477. The molecule has 9 heteroatoms. The van der Waals surface area contributed by atoms with Gasteiger partial charge in [-0.3, -0.25) is 9.59 Å². The van der Waals surface area contributed by atoms with E-state index < -0.39 is 35.3 Å². The van der Waals surface area contributed by atoms with Crippen LogP contribution in [-0.2, 0) is 23.9 Å². The van der Waals surface area contributed by atoms with Gasteiger partial charge < -0.3 is 25.0 Å². The summed E-state index contributed by atoms with van der Waals surface area (Å²) in [5.41, 5.74) is -1.74. The topological polar surface area (TPSA) is 114 Å². The number of hydrogen-bond donors (Lipinski definition) is 2. The van der Waals surface area contributed by atoms with Crippen LogP contribution in [0.15, 0.2) is 12.2 Å². The van der Waals surface area contributed by atoms with Crippen molar-refractivity contribution in [1.29, 1.82) is 0 Å². The average molecular weight is 478 g/mol. The normalized spacial score (nSPS) is 31.2. The van der Waals surface area contributed by atoms with E-state index in [0.29, 0.717) is 32.2 Å². The fourth-order valence-corrected chi connectivity index (χ4v) is 4.77. The standard InChI is InChI=1S/C25H39N3O6/c1-5-33-22(31)25-16-17(25)12-9-7-6-8-10-13-18(26-23(32)34-24(2,3)4)21(30)28-15-11-14-19(28)20(29)27-25/h9,12,17-19H,5-8,10-11,13-16H2,1-4H3,(H,26,32)(H,27,29)/b12-9-. The van der Waals surface area contributed by atoms with E-state index in [1.807, 2.05) is 6.08 Å². The number of amides is 3. The van der Waals surface area contributed by atoms with Crippen molar-refractivity contribution < 1.29 is 28.7 Å². The summed E-state index contributed by atoms with van der Waals surface area (Å²) in [6.07, 6.45) is 9.02. The van der Waals surface area contributed by atoms with Crippen molar-refractivity contribution in [1.82, 2.24) is 15.5 Å². The Labute approximate surface area is 202 Å². The molecular formula is C25H39N3O6. The minimum Gasteiger partial charge on any atom is -0.464 e. The van der Waals surface area contributed by atoms with Gasteiger partial charge in [0.05, 0.1) is 6.61 Å². The monoisotopic (exact) mass is 477 g/mol. The van der Waals surface area contributed by atoms with Crippen molar-refractivity contribution >= 4 is 23.9 Å². The lowest BCUT2D eigenvalue weighted by atomic mass is 10.0. The molecule has 0 radical (unpaired) electrons. The number of nitrogens with zero attached hydrogens (tertiary/aromatic N) is 1. The van der Waals surface area contributed by atoms with Gasteiger partial charge in [-0.25, -0.2) is 9.59 Å². The predicted molar refractivity (Wildman–Crippen MR) is 126 cm³/mol. The molecule has 4 unspecified atom stereocenters. The third kappa shape index (κ3) is 6.30. The second kappa shape index (κ2) is 10.8. The number of allylic oxidation sites excluding steroid dienone is 1. The molecule has 3 aliphatic rings. The van der Waals surface area contributed by atoms with Gasteiger partial charge in [0.2, 0.25) is 11.8 Å². The maximum atomic E-state index is 13.5. The van der Waals surface area contributed by atoms with Gasteiger partial charge in [-0.05, 0) is 66.2 Å². The van der Waals surface area contributed by atoms with E-state index in [0.717, 1.165) is 25.7 Å². The van der Waals surface area contributed by atoms with Gasteiger partial charge in [-0.15, -0.1) is 0 Å². The van der Waals surface area contributed by atoms with Crippen LogP contribution in [0, 0.1) is 5.92 Å². The van der Waals surface area contributed by atoms with Gasteiger partial charge in [0.25, 0.3) is 0 Å². The smallest absolute Gasteiger partial charge is 0.408 e. The number of rotatable bonds is 3. The summed E-state index contributed by atoms with van der Waals surface area (Å²) in [4.78, 5) is 53.5. The molecule has 190 valence electrons. The molecule has 1 saturated carbocycles. The summed E-state index contributed by atoms with van der Waals surface area (Å²) in [5.74, 6) is -1.16. The summed E-state index contributed by atoms with van der Waals surface area (Å²) in [6.45, 7) is 7.71. The van der Waals surface area contributed by atoms with Crippen molar-refractivity contribution in [3.05, 3.63) is 12.2 Å². The summed E-state index contributed by atoms with van der Waals surface area (Å²) in [6, 6.07) is -1.45. The number of ether oxygens (including phenoxy) is 2. The summed E-state index contributed by atoms with van der Waals surface area (Å²) >= 11 is 0. The van der Waals surface area contributed by atoms with Crippen LogP contribution >= 0.6 is 0 Å². The number of nitrogens with one attached hydrogen (secondary N) is 2. The molecule has 0 spiro atoms. The number of fused-ring (bicyclic) bond motifs is 2. The minimum absolute atomic E-state index is 0.104. The molecule has 0 aromatic heterocycles. The first kappa shape index (κ1) is 26.0. The third-order valence-electron chi connectivity index (χ3n) is 6.56. The molecular weight excluding hydrogens is 438 g/mol. The van der Waals surface area contributed by atoms with Crippen LogP contribution < -0.4 is 10.6 Å². The molecule has 4 atom stereocenters. The van der Waals surface area contributed by atoms with Crippen LogP contribution in [-0.4, -0.2) is 65.2 Å². The molecule has 1 saturated heterocycles. The predicted octanol–water partition coefficient (Wildman–Crippen LogP) is 2.83. The molecule has 3 rings (SSSR count). The Balaban J connectivity index is 1.81. The van der Waals surface area contributed by atoms with E-state index in [4.69, 9.17) is 9.47 Å². The van der Waals surface area contributed by atoms with Gasteiger partial charge in [0.15, 0.2) is 0 Å². The molecule has 2 N–H and O–H groups in total. The second-order valence-electron chi connectivity index (χ2n) is 10.4. The third-order valence-corrected chi connectivity index (χ3v) is 6.56. The molecule has 0 aromatic carbocycles. The largest absolute Gasteiger partial charge is 0.464 e. The maximum absolute atomic E-state index is 13.5. The molecule has 9 nitrogen and oxygen atoms in total. The SMILES string of the molecule is CCOC(=O)C12CC1/C=C\CCCCCC(NC(=O)OC(C)(C)C)C(=O)N1CCCC1C(=O)N2. The Morgan fingerprint density at radius 1 is 1.18 bits per heavy atom. The maximum Gasteiger partial charge on any atom is 0.408 e. The number of alkyl carbamates (subject to hydrolysis) is 1. The number of esters is 1. The lowest BCUT2D eigenvalue weighted by Crippen LogP contribution is -2.56. The molecule has 3 amide bonds. The molecule has 0 bridgehead atoms. The van der Waals surface area contributed by atoms with Crippen molar-refractivity contribution in [3.8, 4) is 0 Å². The Bertz CT molecular complexity index is 820. The first-order chi connectivity index (χ1) is 16.1. The Morgan fingerprint density at radius 3 is 2.65 bits per heavy atom. The Hall–Kier alpha value is -2.58. The van der Waals surface area contributed by atoms with E-state index in [2.05, 4.69) is 16.7 Å².